The molecule has 0 bridgehead atoms. The molecule has 0 saturated heterocycles. The van der Waals surface area contributed by atoms with Gasteiger partial charge >= 0.3 is 0 Å². The highest BCUT2D eigenvalue weighted by atomic mass is 32.2. The van der Waals surface area contributed by atoms with E-state index in [9.17, 15) is 0 Å². The average Bonchev–Trinajstić information content (AvgIpc) is 2.25. The lowest BCUT2D eigenvalue weighted by Gasteiger charge is -2.21. The number of rotatable bonds is 5. The predicted molar refractivity (Wildman–Crippen MR) is 84.1 cm³/mol. The lowest BCUT2D eigenvalue weighted by Crippen LogP contribution is -2.18. The third-order valence-corrected chi connectivity index (χ3v) is 4.14. The normalized spacial score (nSPS) is 13.9. The fraction of sp³-hybridized carbons (Fsp3) is 0.625. The summed E-state index contributed by atoms with van der Waals surface area (Å²) in [4.78, 5) is 0. The van der Waals surface area contributed by atoms with Gasteiger partial charge in [-0.05, 0) is 23.5 Å². The topological polar surface area (TPSA) is 26.0 Å². The zero-order chi connectivity index (χ0) is 13.8. The number of thioether (sulfide) groups is 1. The van der Waals surface area contributed by atoms with Crippen molar-refractivity contribution in [3.05, 3.63) is 35.4 Å². The van der Waals surface area contributed by atoms with E-state index in [1.54, 1.807) is 0 Å². The molecule has 18 heavy (non-hydrogen) atoms. The smallest absolute Gasteiger partial charge is 0.0387 e. The quantitative estimate of drug-likeness (QED) is 0.853. The Bertz CT molecular complexity index is 348. The number of hydrogen-bond acceptors (Lipinski definition) is 2. The minimum atomic E-state index is 0.141. The van der Waals surface area contributed by atoms with E-state index < -0.39 is 0 Å². The summed E-state index contributed by atoms with van der Waals surface area (Å²) in [5.41, 5.74) is 8.89. The fourth-order valence-electron chi connectivity index (χ4n) is 1.81. The molecule has 1 nitrogen and oxygen atoms in total. The summed E-state index contributed by atoms with van der Waals surface area (Å²) in [7, 11) is 0. The molecular weight excluding hydrogens is 238 g/mol. The summed E-state index contributed by atoms with van der Waals surface area (Å²) < 4.78 is 0.287. The van der Waals surface area contributed by atoms with E-state index in [2.05, 4.69) is 58.9 Å². The highest BCUT2D eigenvalue weighted by Gasteiger charge is 2.14. The highest BCUT2D eigenvalue weighted by molar-refractivity contribution is 8.00. The Balaban J connectivity index is 2.56. The summed E-state index contributed by atoms with van der Waals surface area (Å²) in [5, 5.41) is 0. The van der Waals surface area contributed by atoms with Crippen LogP contribution in [-0.4, -0.2) is 10.5 Å². The summed E-state index contributed by atoms with van der Waals surface area (Å²) >= 11 is 1.93. The molecule has 1 aromatic rings. The van der Waals surface area contributed by atoms with E-state index >= 15 is 0 Å². The molecule has 0 aliphatic carbocycles. The SMILES string of the molecule is CC(C)Cc1ccc(C(N)CSC(C)(C)C)cc1. The zero-order valence-electron chi connectivity index (χ0n) is 12.4. The monoisotopic (exact) mass is 265 g/mol. The first-order valence-electron chi connectivity index (χ1n) is 6.76. The van der Waals surface area contributed by atoms with Crippen LogP contribution in [-0.2, 0) is 6.42 Å². The van der Waals surface area contributed by atoms with Crippen molar-refractivity contribution >= 4 is 11.8 Å². The van der Waals surface area contributed by atoms with Crippen molar-refractivity contribution in [1.29, 1.82) is 0 Å². The van der Waals surface area contributed by atoms with Gasteiger partial charge in [-0.25, -0.2) is 0 Å². The Hall–Kier alpha value is -0.470. The summed E-state index contributed by atoms with van der Waals surface area (Å²) in [6.07, 6.45) is 1.15. The Kier molecular flexibility index (Phi) is 5.74. The molecule has 0 saturated carbocycles. The summed E-state index contributed by atoms with van der Waals surface area (Å²) in [6.45, 7) is 11.2. The van der Waals surface area contributed by atoms with Crippen LogP contribution in [0.1, 0.15) is 51.8 Å². The Morgan fingerprint density at radius 1 is 1.11 bits per heavy atom. The van der Waals surface area contributed by atoms with Crippen LogP contribution in [0.25, 0.3) is 0 Å². The van der Waals surface area contributed by atoms with Gasteiger partial charge in [-0.3, -0.25) is 0 Å². The Morgan fingerprint density at radius 2 is 1.67 bits per heavy atom. The lowest BCUT2D eigenvalue weighted by atomic mass is 10.0. The second-order valence-electron chi connectivity index (χ2n) is 6.37. The Labute approximate surface area is 117 Å². The maximum absolute atomic E-state index is 6.23. The molecule has 0 aliphatic rings. The standard InChI is InChI=1S/C16H27NS/c1-12(2)10-13-6-8-14(9-7-13)15(17)11-18-16(3,4)5/h6-9,12,15H,10-11,17H2,1-5H3. The van der Waals surface area contributed by atoms with E-state index in [1.165, 1.54) is 11.1 Å². The minimum absolute atomic E-state index is 0.141. The molecule has 0 fully saturated rings. The van der Waals surface area contributed by atoms with Gasteiger partial charge in [0.25, 0.3) is 0 Å². The first-order valence-corrected chi connectivity index (χ1v) is 7.75. The largest absolute Gasteiger partial charge is 0.323 e. The highest BCUT2D eigenvalue weighted by Crippen LogP contribution is 2.27. The van der Waals surface area contributed by atoms with Crippen LogP contribution >= 0.6 is 11.8 Å². The Morgan fingerprint density at radius 3 is 2.11 bits per heavy atom. The van der Waals surface area contributed by atoms with Gasteiger partial charge in [0.2, 0.25) is 0 Å². The molecule has 0 aliphatic heterocycles. The summed E-state index contributed by atoms with van der Waals surface area (Å²) in [5.74, 6) is 1.69. The molecular formula is C16H27NS. The van der Waals surface area contributed by atoms with Crippen LogP contribution in [0.2, 0.25) is 0 Å². The third kappa shape index (κ3) is 5.92. The number of nitrogens with two attached hydrogens (primary N) is 1. The molecule has 102 valence electrons. The van der Waals surface area contributed by atoms with Crippen LogP contribution in [0.15, 0.2) is 24.3 Å². The average molecular weight is 265 g/mol. The van der Waals surface area contributed by atoms with Crippen LogP contribution in [0.5, 0.6) is 0 Å². The van der Waals surface area contributed by atoms with Crippen molar-refractivity contribution < 1.29 is 0 Å². The van der Waals surface area contributed by atoms with Crippen LogP contribution in [0.3, 0.4) is 0 Å². The number of hydrogen-bond donors (Lipinski definition) is 1. The molecule has 2 heteroatoms. The van der Waals surface area contributed by atoms with Gasteiger partial charge in [0.1, 0.15) is 0 Å². The van der Waals surface area contributed by atoms with Crippen molar-refractivity contribution in [1.82, 2.24) is 0 Å². The van der Waals surface area contributed by atoms with E-state index in [4.69, 9.17) is 5.73 Å². The van der Waals surface area contributed by atoms with E-state index in [0.717, 1.165) is 12.2 Å². The first kappa shape index (κ1) is 15.6. The van der Waals surface area contributed by atoms with Gasteiger partial charge in [-0.1, -0.05) is 58.9 Å². The molecule has 1 rings (SSSR count). The summed E-state index contributed by atoms with van der Waals surface area (Å²) in [6, 6.07) is 8.95. The molecule has 1 atom stereocenters. The lowest BCUT2D eigenvalue weighted by molar-refractivity contribution is 0.647. The molecule has 0 radical (unpaired) electrons. The second-order valence-corrected chi connectivity index (χ2v) is 8.22. The maximum Gasteiger partial charge on any atom is 0.0387 e. The molecule has 0 heterocycles. The van der Waals surface area contributed by atoms with Crippen LogP contribution in [0.4, 0.5) is 0 Å². The maximum atomic E-state index is 6.23. The van der Waals surface area contributed by atoms with Gasteiger partial charge in [-0.2, -0.15) is 11.8 Å². The van der Waals surface area contributed by atoms with Crippen molar-refractivity contribution in [3.8, 4) is 0 Å². The zero-order valence-corrected chi connectivity index (χ0v) is 13.2. The molecule has 0 amide bonds. The first-order chi connectivity index (χ1) is 8.28. The van der Waals surface area contributed by atoms with Crippen molar-refractivity contribution in [2.24, 2.45) is 11.7 Å². The van der Waals surface area contributed by atoms with Gasteiger partial charge in [0.15, 0.2) is 0 Å². The second kappa shape index (κ2) is 6.63. The minimum Gasteiger partial charge on any atom is -0.323 e. The van der Waals surface area contributed by atoms with Crippen molar-refractivity contribution in [2.45, 2.75) is 51.8 Å². The van der Waals surface area contributed by atoms with Crippen molar-refractivity contribution in [3.63, 3.8) is 0 Å². The van der Waals surface area contributed by atoms with Crippen LogP contribution in [0, 0.1) is 5.92 Å². The van der Waals surface area contributed by atoms with Crippen LogP contribution < -0.4 is 5.73 Å². The fourth-order valence-corrected chi connectivity index (χ4v) is 2.68. The van der Waals surface area contributed by atoms with E-state index in [-0.39, 0.29) is 10.8 Å². The van der Waals surface area contributed by atoms with Crippen molar-refractivity contribution in [2.75, 3.05) is 5.75 Å². The van der Waals surface area contributed by atoms with Gasteiger partial charge < -0.3 is 5.73 Å². The van der Waals surface area contributed by atoms with Gasteiger partial charge in [0, 0.05) is 16.5 Å². The molecule has 1 aromatic carbocycles. The van der Waals surface area contributed by atoms with E-state index in [1.807, 2.05) is 11.8 Å². The molecule has 1 unspecified atom stereocenters. The third-order valence-electron chi connectivity index (χ3n) is 2.75. The van der Waals surface area contributed by atoms with Gasteiger partial charge in [-0.15, -0.1) is 0 Å². The van der Waals surface area contributed by atoms with E-state index in [0.29, 0.717) is 5.92 Å². The predicted octanol–water partition coefficient (Wildman–Crippen LogP) is 4.42. The number of benzene rings is 1. The molecule has 0 spiro atoms. The van der Waals surface area contributed by atoms with Gasteiger partial charge in [0.05, 0.1) is 0 Å². The molecule has 0 aromatic heterocycles. The molecule has 2 N–H and O–H groups in total.